The highest BCUT2D eigenvalue weighted by Crippen LogP contribution is 2.40. The lowest BCUT2D eigenvalue weighted by atomic mass is 10.1. The first-order valence-electron chi connectivity index (χ1n) is 6.85. The van der Waals surface area contributed by atoms with Crippen molar-refractivity contribution in [2.45, 2.75) is 43.2 Å². The third kappa shape index (κ3) is 2.30. The molecule has 6 nitrogen and oxygen atoms in total. The second kappa shape index (κ2) is 4.88. The molecular formula is C12H20N4O2S. The lowest BCUT2D eigenvalue weighted by Crippen LogP contribution is -2.37. The molecule has 7 heteroatoms. The molecule has 1 saturated carbocycles. The summed E-state index contributed by atoms with van der Waals surface area (Å²) in [6.07, 6.45) is 7.09. The molecule has 2 fully saturated rings. The number of piperidine rings is 1. The molecule has 1 aromatic rings. The molecule has 3 rings (SSSR count). The minimum atomic E-state index is -3.36. The van der Waals surface area contributed by atoms with Crippen molar-refractivity contribution in [1.82, 2.24) is 14.1 Å². The molecule has 2 aliphatic rings. The van der Waals surface area contributed by atoms with Crippen LogP contribution in [0.2, 0.25) is 0 Å². The van der Waals surface area contributed by atoms with Crippen LogP contribution in [0.3, 0.4) is 0 Å². The van der Waals surface area contributed by atoms with E-state index in [9.17, 15) is 8.42 Å². The van der Waals surface area contributed by atoms with Gasteiger partial charge in [-0.15, -0.1) is 0 Å². The molecule has 106 valence electrons. The van der Waals surface area contributed by atoms with Crippen molar-refractivity contribution in [3.63, 3.8) is 0 Å². The Balaban J connectivity index is 1.78. The number of nitrogens with zero attached hydrogens (tertiary/aromatic N) is 3. The monoisotopic (exact) mass is 284 g/mol. The highest BCUT2D eigenvalue weighted by molar-refractivity contribution is 7.89. The minimum Gasteiger partial charge on any atom is -0.330 e. The van der Waals surface area contributed by atoms with Gasteiger partial charge >= 0.3 is 0 Å². The fraction of sp³-hybridized carbons (Fsp3) is 0.750. The van der Waals surface area contributed by atoms with Crippen LogP contribution in [0.4, 0.5) is 0 Å². The van der Waals surface area contributed by atoms with Crippen LogP contribution < -0.4 is 5.73 Å². The standard InChI is InChI=1S/C12H20N4O2S/c13-4-1-5-15-9-12(7-14-15)19(17,18)16-8-10-2-3-11(16)6-10/h7,9-11H,1-6,8,13H2. The van der Waals surface area contributed by atoms with Crippen molar-refractivity contribution in [2.75, 3.05) is 13.1 Å². The lowest BCUT2D eigenvalue weighted by molar-refractivity contribution is 0.333. The van der Waals surface area contributed by atoms with E-state index in [0.29, 0.717) is 30.4 Å². The molecule has 0 aromatic carbocycles. The van der Waals surface area contributed by atoms with Crippen molar-refractivity contribution in [1.29, 1.82) is 0 Å². The van der Waals surface area contributed by atoms with Crippen LogP contribution in [-0.4, -0.2) is 41.6 Å². The summed E-state index contributed by atoms with van der Waals surface area (Å²) in [5, 5.41) is 4.11. The fourth-order valence-electron chi connectivity index (χ4n) is 3.16. The molecule has 0 radical (unpaired) electrons. The van der Waals surface area contributed by atoms with Gasteiger partial charge in [0, 0.05) is 25.3 Å². The maximum absolute atomic E-state index is 12.6. The van der Waals surface area contributed by atoms with Crippen molar-refractivity contribution >= 4 is 10.0 Å². The Kier molecular flexibility index (Phi) is 3.36. The zero-order chi connectivity index (χ0) is 13.5. The molecule has 2 unspecified atom stereocenters. The number of aryl methyl sites for hydroxylation is 1. The molecule has 1 saturated heterocycles. The summed E-state index contributed by atoms with van der Waals surface area (Å²) in [4.78, 5) is 0.317. The molecular weight excluding hydrogens is 264 g/mol. The second-order valence-electron chi connectivity index (χ2n) is 5.49. The molecule has 0 spiro atoms. The van der Waals surface area contributed by atoms with Crippen molar-refractivity contribution in [3.05, 3.63) is 12.4 Å². The molecule has 2 bridgehead atoms. The van der Waals surface area contributed by atoms with Gasteiger partial charge in [0.1, 0.15) is 4.90 Å². The van der Waals surface area contributed by atoms with E-state index in [1.165, 1.54) is 12.6 Å². The number of hydrogen-bond acceptors (Lipinski definition) is 4. The van der Waals surface area contributed by atoms with Gasteiger partial charge < -0.3 is 5.73 Å². The third-order valence-electron chi connectivity index (χ3n) is 4.17. The Morgan fingerprint density at radius 1 is 1.42 bits per heavy atom. The van der Waals surface area contributed by atoms with Crippen LogP contribution in [-0.2, 0) is 16.6 Å². The third-order valence-corrected chi connectivity index (χ3v) is 6.04. The van der Waals surface area contributed by atoms with Crippen LogP contribution >= 0.6 is 0 Å². The van der Waals surface area contributed by atoms with Gasteiger partial charge in [0.25, 0.3) is 0 Å². The fourth-order valence-corrected chi connectivity index (χ4v) is 4.86. The predicted molar refractivity (Wildman–Crippen MR) is 70.9 cm³/mol. The van der Waals surface area contributed by atoms with Crippen LogP contribution in [0.5, 0.6) is 0 Å². The maximum atomic E-state index is 12.6. The smallest absolute Gasteiger partial charge is 0.246 e. The largest absolute Gasteiger partial charge is 0.330 e. The zero-order valence-corrected chi connectivity index (χ0v) is 11.7. The molecule has 19 heavy (non-hydrogen) atoms. The van der Waals surface area contributed by atoms with E-state index in [0.717, 1.165) is 19.3 Å². The van der Waals surface area contributed by atoms with Crippen molar-refractivity contribution < 1.29 is 8.42 Å². The Hall–Kier alpha value is -0.920. The van der Waals surface area contributed by atoms with E-state index in [1.807, 2.05) is 0 Å². The molecule has 0 amide bonds. The van der Waals surface area contributed by atoms with Gasteiger partial charge in [0.2, 0.25) is 10.0 Å². The van der Waals surface area contributed by atoms with Gasteiger partial charge in [0.15, 0.2) is 0 Å². The van der Waals surface area contributed by atoms with Gasteiger partial charge in [-0.25, -0.2) is 8.42 Å². The van der Waals surface area contributed by atoms with Gasteiger partial charge in [0.05, 0.1) is 6.20 Å². The van der Waals surface area contributed by atoms with E-state index in [2.05, 4.69) is 5.10 Å². The Morgan fingerprint density at radius 2 is 2.26 bits per heavy atom. The SMILES string of the molecule is NCCCn1cc(S(=O)(=O)N2CC3CCC2C3)cn1. The number of hydrogen-bond donors (Lipinski definition) is 1. The normalized spacial score (nSPS) is 27.2. The summed E-state index contributed by atoms with van der Waals surface area (Å²) in [5.74, 6) is 0.562. The summed E-state index contributed by atoms with van der Waals surface area (Å²) in [7, 11) is -3.36. The lowest BCUT2D eigenvalue weighted by Gasteiger charge is -2.25. The summed E-state index contributed by atoms with van der Waals surface area (Å²) in [5.41, 5.74) is 5.44. The average Bonchev–Trinajstić information content (AvgIpc) is 3.11. The second-order valence-corrected chi connectivity index (χ2v) is 7.38. The number of rotatable bonds is 5. The predicted octanol–water partition coefficient (Wildman–Crippen LogP) is 0.405. The maximum Gasteiger partial charge on any atom is 0.246 e. The number of aromatic nitrogens is 2. The molecule has 2 N–H and O–H groups in total. The van der Waals surface area contributed by atoms with Crippen molar-refractivity contribution in [2.24, 2.45) is 11.7 Å². The van der Waals surface area contributed by atoms with Gasteiger partial charge in [-0.2, -0.15) is 9.40 Å². The minimum absolute atomic E-state index is 0.211. The summed E-state index contributed by atoms with van der Waals surface area (Å²) < 4.78 is 28.5. The van der Waals surface area contributed by atoms with E-state index in [-0.39, 0.29) is 6.04 Å². The van der Waals surface area contributed by atoms with Gasteiger partial charge in [-0.1, -0.05) is 0 Å². The molecule has 2 atom stereocenters. The molecule has 1 aliphatic carbocycles. The zero-order valence-electron chi connectivity index (χ0n) is 10.9. The number of sulfonamides is 1. The Morgan fingerprint density at radius 3 is 2.89 bits per heavy atom. The first-order valence-corrected chi connectivity index (χ1v) is 8.29. The van der Waals surface area contributed by atoms with Crippen LogP contribution in [0.15, 0.2) is 17.3 Å². The number of fused-ring (bicyclic) bond motifs is 2. The Bertz CT molecular complexity index is 554. The average molecular weight is 284 g/mol. The van der Waals surface area contributed by atoms with E-state index < -0.39 is 10.0 Å². The quantitative estimate of drug-likeness (QED) is 0.849. The topological polar surface area (TPSA) is 81.2 Å². The van der Waals surface area contributed by atoms with Gasteiger partial charge in [-0.05, 0) is 38.1 Å². The summed E-state index contributed by atoms with van der Waals surface area (Å²) in [6.45, 7) is 1.93. The highest BCUT2D eigenvalue weighted by Gasteiger charge is 2.44. The summed E-state index contributed by atoms with van der Waals surface area (Å²) in [6, 6.07) is 0.211. The van der Waals surface area contributed by atoms with Crippen LogP contribution in [0, 0.1) is 5.92 Å². The van der Waals surface area contributed by atoms with Crippen molar-refractivity contribution in [3.8, 4) is 0 Å². The van der Waals surface area contributed by atoms with Crippen LogP contribution in [0.25, 0.3) is 0 Å². The summed E-state index contributed by atoms with van der Waals surface area (Å²) >= 11 is 0. The van der Waals surface area contributed by atoms with E-state index in [4.69, 9.17) is 5.73 Å². The molecule has 1 aliphatic heterocycles. The van der Waals surface area contributed by atoms with E-state index >= 15 is 0 Å². The molecule has 2 heterocycles. The molecule has 1 aromatic heterocycles. The first kappa shape index (κ1) is 13.1. The Labute approximate surface area is 113 Å². The number of nitrogens with two attached hydrogens (primary N) is 1. The van der Waals surface area contributed by atoms with E-state index in [1.54, 1.807) is 15.2 Å². The van der Waals surface area contributed by atoms with Gasteiger partial charge in [-0.3, -0.25) is 4.68 Å². The van der Waals surface area contributed by atoms with Crippen LogP contribution in [0.1, 0.15) is 25.7 Å². The highest BCUT2D eigenvalue weighted by atomic mass is 32.2. The first-order chi connectivity index (χ1) is 9.11.